The van der Waals surface area contributed by atoms with Gasteiger partial charge in [-0.3, -0.25) is 0 Å². The van der Waals surface area contributed by atoms with Crippen molar-refractivity contribution in [2.75, 3.05) is 0 Å². The number of pyridine rings is 1. The first-order valence-electron chi connectivity index (χ1n) is 19.0. The van der Waals surface area contributed by atoms with Gasteiger partial charge in [0, 0.05) is 11.1 Å². The Labute approximate surface area is 322 Å². The van der Waals surface area contributed by atoms with E-state index in [9.17, 15) is 0 Å². The van der Waals surface area contributed by atoms with Gasteiger partial charge in [-0.15, -0.1) is 0 Å². The number of benzene rings is 8. The van der Waals surface area contributed by atoms with Crippen LogP contribution in [-0.4, -0.2) is 4.98 Å². The van der Waals surface area contributed by atoms with Crippen LogP contribution in [0.25, 0.3) is 67.0 Å². The fourth-order valence-electron chi connectivity index (χ4n) is 8.57. The lowest BCUT2D eigenvalue weighted by atomic mass is 9.67. The molecule has 0 unspecified atom stereocenters. The van der Waals surface area contributed by atoms with Gasteiger partial charge in [-0.2, -0.15) is 0 Å². The number of aromatic nitrogens is 1. The van der Waals surface area contributed by atoms with Crippen LogP contribution >= 0.6 is 0 Å². The summed E-state index contributed by atoms with van der Waals surface area (Å²) >= 11 is 0. The predicted octanol–water partition coefficient (Wildman–Crippen LogP) is 13.8. The Bertz CT molecular complexity index is 2670. The second kappa shape index (κ2) is 13.7. The Morgan fingerprint density at radius 2 is 0.673 bits per heavy atom. The fraction of sp³-hybridized carbons (Fsp3) is 0.0185. The molecule has 0 aliphatic heterocycles. The molecule has 0 radical (unpaired) electrons. The minimum atomic E-state index is -0.425. The van der Waals surface area contributed by atoms with Gasteiger partial charge in [-0.05, 0) is 91.0 Å². The first-order chi connectivity index (χ1) is 27.3. The molecule has 8 aromatic carbocycles. The van der Waals surface area contributed by atoms with Crippen LogP contribution < -0.4 is 0 Å². The van der Waals surface area contributed by atoms with E-state index in [1.165, 1.54) is 55.6 Å². The Kier molecular flexibility index (Phi) is 8.12. The summed E-state index contributed by atoms with van der Waals surface area (Å²) in [6, 6.07) is 81.2. The molecular formula is C54H37N. The van der Waals surface area contributed by atoms with Gasteiger partial charge >= 0.3 is 0 Å². The molecule has 1 aliphatic rings. The fourth-order valence-corrected chi connectivity index (χ4v) is 8.57. The highest BCUT2D eigenvalue weighted by Crippen LogP contribution is 2.56. The molecule has 1 heterocycles. The number of hydrogen-bond acceptors (Lipinski definition) is 1. The van der Waals surface area contributed by atoms with Crippen LogP contribution in [0.4, 0.5) is 0 Å². The molecule has 0 spiro atoms. The van der Waals surface area contributed by atoms with Crippen molar-refractivity contribution >= 4 is 0 Å². The largest absolute Gasteiger partial charge is 0.248 e. The minimum Gasteiger partial charge on any atom is -0.248 e. The lowest BCUT2D eigenvalue weighted by Crippen LogP contribution is -2.28. The molecule has 0 saturated heterocycles. The molecule has 1 aromatic heterocycles. The van der Waals surface area contributed by atoms with E-state index in [-0.39, 0.29) is 0 Å². The number of hydrogen-bond donors (Lipinski definition) is 0. The van der Waals surface area contributed by atoms with E-state index in [2.05, 4.69) is 212 Å². The van der Waals surface area contributed by atoms with Gasteiger partial charge in [0.2, 0.25) is 0 Å². The topological polar surface area (TPSA) is 12.9 Å². The van der Waals surface area contributed by atoms with E-state index >= 15 is 0 Å². The second-order valence-corrected chi connectivity index (χ2v) is 14.3. The first kappa shape index (κ1) is 32.6. The van der Waals surface area contributed by atoms with E-state index in [4.69, 9.17) is 4.98 Å². The third kappa shape index (κ3) is 5.69. The molecule has 258 valence electrons. The minimum absolute atomic E-state index is 0.425. The maximum atomic E-state index is 5.08. The average Bonchev–Trinajstić information content (AvgIpc) is 3.58. The number of fused-ring (bicyclic) bond motifs is 3. The molecule has 1 nitrogen and oxygen atoms in total. The van der Waals surface area contributed by atoms with Gasteiger partial charge in [0.05, 0.1) is 16.8 Å². The van der Waals surface area contributed by atoms with Crippen molar-refractivity contribution < 1.29 is 0 Å². The van der Waals surface area contributed by atoms with E-state index < -0.39 is 5.41 Å². The van der Waals surface area contributed by atoms with Crippen molar-refractivity contribution in [2.24, 2.45) is 0 Å². The summed E-state index contributed by atoms with van der Waals surface area (Å²) in [6.07, 6.45) is 0. The maximum Gasteiger partial charge on any atom is 0.0715 e. The van der Waals surface area contributed by atoms with E-state index in [1.807, 2.05) is 12.1 Å². The van der Waals surface area contributed by atoms with Crippen LogP contribution in [0.5, 0.6) is 0 Å². The van der Waals surface area contributed by atoms with Crippen LogP contribution in [0.15, 0.2) is 224 Å². The van der Waals surface area contributed by atoms with Crippen LogP contribution in [0.1, 0.15) is 22.3 Å². The Morgan fingerprint density at radius 1 is 0.255 bits per heavy atom. The van der Waals surface area contributed by atoms with Gasteiger partial charge in [0.25, 0.3) is 0 Å². The highest BCUT2D eigenvalue weighted by Gasteiger charge is 2.46. The Hall–Kier alpha value is -7.09. The number of nitrogens with zero attached hydrogens (tertiary/aromatic N) is 1. The normalized spacial score (nSPS) is 12.5. The summed E-state index contributed by atoms with van der Waals surface area (Å²) in [7, 11) is 0. The van der Waals surface area contributed by atoms with Crippen molar-refractivity contribution in [1.29, 1.82) is 0 Å². The Balaban J connectivity index is 1.04. The summed E-state index contributed by atoms with van der Waals surface area (Å²) in [5.74, 6) is 0. The zero-order chi connectivity index (χ0) is 36.6. The average molecular weight is 700 g/mol. The maximum absolute atomic E-state index is 5.08. The van der Waals surface area contributed by atoms with Gasteiger partial charge in [-0.25, -0.2) is 4.98 Å². The second-order valence-electron chi connectivity index (χ2n) is 14.3. The van der Waals surface area contributed by atoms with Crippen LogP contribution in [0, 0.1) is 0 Å². The van der Waals surface area contributed by atoms with Crippen molar-refractivity contribution in [3.63, 3.8) is 0 Å². The van der Waals surface area contributed by atoms with E-state index in [0.29, 0.717) is 0 Å². The SMILES string of the molecule is c1ccc(-c2cc(-c3ccc(-c4cccc(-c5ccc6c(c5)C(c5ccccc5)(c5ccccc5)c5ccccc5-6)c4)cc3)cc(-c3ccccc3)n2)cc1. The highest BCUT2D eigenvalue weighted by molar-refractivity contribution is 5.89. The van der Waals surface area contributed by atoms with Gasteiger partial charge in [0.15, 0.2) is 0 Å². The van der Waals surface area contributed by atoms with Gasteiger partial charge in [-0.1, -0.05) is 200 Å². The molecule has 0 amide bonds. The third-order valence-electron chi connectivity index (χ3n) is 11.2. The summed E-state index contributed by atoms with van der Waals surface area (Å²) in [4.78, 5) is 5.08. The molecule has 1 aliphatic carbocycles. The molecule has 0 N–H and O–H groups in total. The molecule has 9 aromatic rings. The lowest BCUT2D eigenvalue weighted by Gasteiger charge is -2.34. The van der Waals surface area contributed by atoms with Crippen molar-refractivity contribution in [3.8, 4) is 67.0 Å². The molecule has 55 heavy (non-hydrogen) atoms. The van der Waals surface area contributed by atoms with Gasteiger partial charge in [0.1, 0.15) is 0 Å². The van der Waals surface area contributed by atoms with Crippen LogP contribution in [0.3, 0.4) is 0 Å². The predicted molar refractivity (Wildman–Crippen MR) is 229 cm³/mol. The smallest absolute Gasteiger partial charge is 0.0715 e. The first-order valence-corrected chi connectivity index (χ1v) is 19.0. The number of rotatable bonds is 7. The van der Waals surface area contributed by atoms with E-state index in [1.54, 1.807) is 0 Å². The molecular weight excluding hydrogens is 663 g/mol. The molecule has 0 saturated carbocycles. The van der Waals surface area contributed by atoms with Gasteiger partial charge < -0.3 is 0 Å². The monoisotopic (exact) mass is 699 g/mol. The van der Waals surface area contributed by atoms with Crippen molar-refractivity contribution in [2.45, 2.75) is 5.41 Å². The Morgan fingerprint density at radius 3 is 1.25 bits per heavy atom. The lowest BCUT2D eigenvalue weighted by molar-refractivity contribution is 0.769. The summed E-state index contributed by atoms with van der Waals surface area (Å²) in [5.41, 5.74) is 18.6. The molecule has 0 fully saturated rings. The zero-order valence-corrected chi connectivity index (χ0v) is 30.3. The molecule has 1 heteroatoms. The molecule has 0 atom stereocenters. The third-order valence-corrected chi connectivity index (χ3v) is 11.2. The van der Waals surface area contributed by atoms with Crippen LogP contribution in [-0.2, 0) is 5.41 Å². The summed E-state index contributed by atoms with van der Waals surface area (Å²) in [6.45, 7) is 0. The standard InChI is InChI=1S/C54H37N/c1-5-16-40(17-6-1)52-36-45(37-53(55-52)41-18-7-2-8-19-41)39-30-28-38(29-31-39)42-20-15-21-43(34-42)44-32-33-49-48-26-13-14-27-50(48)54(51(49)35-44,46-22-9-3-10-23-46)47-24-11-4-12-25-47/h1-37H. The highest BCUT2D eigenvalue weighted by atomic mass is 14.7. The quantitative estimate of drug-likeness (QED) is 0.161. The van der Waals surface area contributed by atoms with Crippen LogP contribution in [0.2, 0.25) is 0 Å². The van der Waals surface area contributed by atoms with Crippen molar-refractivity contribution in [3.05, 3.63) is 247 Å². The molecule has 10 rings (SSSR count). The summed E-state index contributed by atoms with van der Waals surface area (Å²) < 4.78 is 0. The van der Waals surface area contributed by atoms with E-state index in [0.717, 1.165) is 33.6 Å². The summed E-state index contributed by atoms with van der Waals surface area (Å²) in [5, 5.41) is 0. The zero-order valence-electron chi connectivity index (χ0n) is 30.3. The molecule has 0 bridgehead atoms. The van der Waals surface area contributed by atoms with Crippen molar-refractivity contribution in [1.82, 2.24) is 4.98 Å².